The summed E-state index contributed by atoms with van der Waals surface area (Å²) in [5.41, 5.74) is 2.02. The Labute approximate surface area is 200 Å². The van der Waals surface area contributed by atoms with E-state index in [1.165, 1.54) is 31.2 Å². The molecule has 1 atom stereocenters. The third-order valence-corrected chi connectivity index (χ3v) is 5.80. The van der Waals surface area contributed by atoms with Crippen molar-refractivity contribution < 1.29 is 24.2 Å². The molecule has 1 fully saturated rings. The van der Waals surface area contributed by atoms with Crippen LogP contribution in [0, 0.1) is 10.1 Å². The molecule has 0 saturated heterocycles. The first kappa shape index (κ1) is 25.5. The van der Waals surface area contributed by atoms with Gasteiger partial charge in [-0.15, -0.1) is 10.1 Å². The Kier molecular flexibility index (Phi) is 8.87. The van der Waals surface area contributed by atoms with E-state index in [2.05, 4.69) is 16.2 Å². The lowest BCUT2D eigenvalue weighted by atomic mass is 9.97. The summed E-state index contributed by atoms with van der Waals surface area (Å²) in [5.74, 6) is 0.888. The van der Waals surface area contributed by atoms with Crippen molar-refractivity contribution in [1.82, 2.24) is 5.32 Å². The van der Waals surface area contributed by atoms with Crippen LogP contribution in [0.5, 0.6) is 5.75 Å². The van der Waals surface area contributed by atoms with Gasteiger partial charge in [-0.05, 0) is 68.9 Å². The number of ether oxygens (including phenoxy) is 2. The standard InChI is InChI=1S/C26H34N2O6/c1-26(2,3)27-16-22(18-32-24-11-7-6-10-23(24)20-8-4-5-9-20)34-25(29)21-14-12-19(13-15-21)17-33-28(30)31/h6-7,10-15,20,22,27H,4-5,8-9,16-18H2,1-3H3/t22-/m0/s1. The van der Waals surface area contributed by atoms with E-state index in [1.54, 1.807) is 24.3 Å². The topological polar surface area (TPSA) is 99.9 Å². The van der Waals surface area contributed by atoms with Crippen LogP contribution < -0.4 is 10.1 Å². The predicted octanol–water partition coefficient (Wildman–Crippen LogP) is 5.05. The van der Waals surface area contributed by atoms with E-state index in [0.717, 1.165) is 5.75 Å². The summed E-state index contributed by atoms with van der Waals surface area (Å²) in [4.78, 5) is 27.5. The van der Waals surface area contributed by atoms with Gasteiger partial charge in [-0.25, -0.2) is 4.79 Å². The summed E-state index contributed by atoms with van der Waals surface area (Å²) >= 11 is 0. The fourth-order valence-electron chi connectivity index (χ4n) is 4.01. The molecule has 1 aliphatic rings. The summed E-state index contributed by atoms with van der Waals surface area (Å²) in [7, 11) is 0. The molecule has 1 saturated carbocycles. The number of rotatable bonds is 11. The van der Waals surface area contributed by atoms with E-state index >= 15 is 0 Å². The van der Waals surface area contributed by atoms with E-state index in [4.69, 9.17) is 9.47 Å². The molecule has 1 N–H and O–H groups in total. The van der Waals surface area contributed by atoms with Crippen molar-refractivity contribution in [2.75, 3.05) is 13.2 Å². The van der Waals surface area contributed by atoms with Gasteiger partial charge in [0.1, 0.15) is 25.1 Å². The van der Waals surface area contributed by atoms with Gasteiger partial charge in [0.05, 0.1) is 5.56 Å². The van der Waals surface area contributed by atoms with Crippen molar-refractivity contribution in [3.05, 3.63) is 75.3 Å². The Hall–Kier alpha value is -3.13. The lowest BCUT2D eigenvalue weighted by Gasteiger charge is -2.26. The lowest BCUT2D eigenvalue weighted by Crippen LogP contribution is -2.44. The quantitative estimate of drug-likeness (QED) is 0.279. The van der Waals surface area contributed by atoms with Gasteiger partial charge >= 0.3 is 5.97 Å². The van der Waals surface area contributed by atoms with Crippen LogP contribution in [-0.2, 0) is 16.2 Å². The molecule has 0 unspecified atom stereocenters. The van der Waals surface area contributed by atoms with Crippen molar-refractivity contribution in [1.29, 1.82) is 0 Å². The average molecular weight is 471 g/mol. The van der Waals surface area contributed by atoms with Crippen molar-refractivity contribution >= 4 is 5.97 Å². The number of benzene rings is 2. The largest absolute Gasteiger partial charge is 0.489 e. The molecule has 0 radical (unpaired) electrons. The van der Waals surface area contributed by atoms with Crippen LogP contribution in [0.25, 0.3) is 0 Å². The van der Waals surface area contributed by atoms with E-state index in [9.17, 15) is 14.9 Å². The van der Waals surface area contributed by atoms with Gasteiger partial charge in [-0.2, -0.15) is 0 Å². The molecule has 2 aromatic carbocycles. The first-order valence-corrected chi connectivity index (χ1v) is 11.8. The van der Waals surface area contributed by atoms with Gasteiger partial charge in [0.2, 0.25) is 0 Å². The zero-order chi connectivity index (χ0) is 24.6. The van der Waals surface area contributed by atoms with Crippen LogP contribution in [0.15, 0.2) is 48.5 Å². The normalized spacial score (nSPS) is 15.0. The molecule has 184 valence electrons. The molecule has 0 aliphatic heterocycles. The second kappa shape index (κ2) is 11.8. The molecular weight excluding hydrogens is 436 g/mol. The summed E-state index contributed by atoms with van der Waals surface area (Å²) in [6.45, 7) is 6.65. The van der Waals surface area contributed by atoms with E-state index in [1.807, 2.05) is 39.0 Å². The Balaban J connectivity index is 1.65. The molecule has 34 heavy (non-hydrogen) atoms. The minimum Gasteiger partial charge on any atom is -0.489 e. The summed E-state index contributed by atoms with van der Waals surface area (Å²) in [5, 5.41) is 12.9. The average Bonchev–Trinajstić information content (AvgIpc) is 3.34. The molecule has 8 heteroatoms. The zero-order valence-corrected chi connectivity index (χ0v) is 20.1. The fraction of sp³-hybridized carbons (Fsp3) is 0.500. The fourth-order valence-corrected chi connectivity index (χ4v) is 4.01. The minimum atomic E-state index is -0.847. The van der Waals surface area contributed by atoms with Gasteiger partial charge in [0, 0.05) is 12.1 Å². The molecule has 8 nitrogen and oxygen atoms in total. The first-order valence-electron chi connectivity index (χ1n) is 11.8. The number of hydrogen-bond acceptors (Lipinski definition) is 7. The Morgan fingerprint density at radius 3 is 2.44 bits per heavy atom. The lowest BCUT2D eigenvalue weighted by molar-refractivity contribution is -0.763. The molecule has 0 bridgehead atoms. The van der Waals surface area contributed by atoms with Gasteiger partial charge < -0.3 is 19.6 Å². The monoisotopic (exact) mass is 470 g/mol. The highest BCUT2D eigenvalue weighted by Gasteiger charge is 2.23. The Morgan fingerprint density at radius 1 is 1.12 bits per heavy atom. The van der Waals surface area contributed by atoms with E-state index < -0.39 is 17.2 Å². The van der Waals surface area contributed by atoms with Crippen molar-refractivity contribution in [2.45, 2.75) is 70.6 Å². The minimum absolute atomic E-state index is 0.148. The van der Waals surface area contributed by atoms with Crippen LogP contribution in [0.2, 0.25) is 0 Å². The van der Waals surface area contributed by atoms with Crippen LogP contribution >= 0.6 is 0 Å². The molecule has 2 aromatic rings. The summed E-state index contributed by atoms with van der Waals surface area (Å²) in [6.07, 6.45) is 4.33. The number of carbonyl (C=O) groups excluding carboxylic acids is 1. The van der Waals surface area contributed by atoms with E-state index in [-0.39, 0.29) is 18.8 Å². The van der Waals surface area contributed by atoms with Crippen LogP contribution in [0.1, 0.15) is 73.9 Å². The Bertz CT molecular complexity index is 949. The highest BCUT2D eigenvalue weighted by atomic mass is 16.9. The van der Waals surface area contributed by atoms with Crippen LogP contribution in [0.4, 0.5) is 0 Å². The summed E-state index contributed by atoms with van der Waals surface area (Å²) in [6, 6.07) is 14.5. The molecule has 0 heterocycles. The van der Waals surface area contributed by atoms with Gasteiger partial charge in [-0.3, -0.25) is 0 Å². The number of nitrogens with one attached hydrogen (secondary N) is 1. The maximum atomic E-state index is 12.8. The highest BCUT2D eigenvalue weighted by Crippen LogP contribution is 2.38. The third kappa shape index (κ3) is 8.02. The summed E-state index contributed by atoms with van der Waals surface area (Å²) < 4.78 is 12.0. The highest BCUT2D eigenvalue weighted by molar-refractivity contribution is 5.89. The SMILES string of the molecule is CC(C)(C)NC[C@@H](COc1ccccc1C1CCCC1)OC(=O)c1ccc(CO[N+](=O)[O-])cc1. The van der Waals surface area contributed by atoms with Gasteiger partial charge in [0.25, 0.3) is 5.09 Å². The Morgan fingerprint density at radius 2 is 1.79 bits per heavy atom. The number of carbonyl (C=O) groups is 1. The van der Waals surface area contributed by atoms with Gasteiger partial charge in [-0.1, -0.05) is 43.2 Å². The molecule has 1 aliphatic carbocycles. The van der Waals surface area contributed by atoms with Crippen molar-refractivity contribution in [2.24, 2.45) is 0 Å². The molecule has 0 amide bonds. The molecule has 0 spiro atoms. The van der Waals surface area contributed by atoms with E-state index in [0.29, 0.717) is 23.6 Å². The maximum Gasteiger partial charge on any atom is 0.338 e. The van der Waals surface area contributed by atoms with Crippen LogP contribution in [0.3, 0.4) is 0 Å². The molecule has 0 aromatic heterocycles. The number of hydrogen-bond donors (Lipinski definition) is 1. The first-order chi connectivity index (χ1) is 16.2. The van der Waals surface area contributed by atoms with Crippen LogP contribution in [-0.4, -0.2) is 35.9 Å². The van der Waals surface area contributed by atoms with Crippen molar-refractivity contribution in [3.63, 3.8) is 0 Å². The predicted molar refractivity (Wildman–Crippen MR) is 128 cm³/mol. The maximum absolute atomic E-state index is 12.8. The van der Waals surface area contributed by atoms with Gasteiger partial charge in [0.15, 0.2) is 0 Å². The third-order valence-electron chi connectivity index (χ3n) is 5.80. The second-order valence-corrected chi connectivity index (χ2v) is 9.68. The zero-order valence-electron chi connectivity index (χ0n) is 20.1. The number of nitrogens with zero attached hydrogens (tertiary/aromatic N) is 1. The number of para-hydroxylation sites is 1. The van der Waals surface area contributed by atoms with Crippen molar-refractivity contribution in [3.8, 4) is 5.75 Å². The smallest absolute Gasteiger partial charge is 0.338 e. The number of esters is 1. The molecule has 3 rings (SSSR count). The molecular formula is C26H34N2O6. The second-order valence-electron chi connectivity index (χ2n) is 9.68.